The summed E-state index contributed by atoms with van der Waals surface area (Å²) in [5.41, 5.74) is 0.698. The van der Waals surface area contributed by atoms with E-state index in [0.29, 0.717) is 22.6 Å². The van der Waals surface area contributed by atoms with E-state index >= 15 is 0 Å². The van der Waals surface area contributed by atoms with E-state index in [-0.39, 0.29) is 35.9 Å². The lowest BCUT2D eigenvalue weighted by Crippen LogP contribution is -2.36. The van der Waals surface area contributed by atoms with Gasteiger partial charge in [0.1, 0.15) is 0 Å². The predicted octanol–water partition coefficient (Wildman–Crippen LogP) is 4.79. The standard InChI is InChI=1S/C21H29FN2O3S/c1-12(2)21-24-17-9-10-18(19(22)20(17)28-21)27-16-7-5-15(6-8-16)26-11-13(3)23-14(4)25/h9-10,12-13,15-16H,5-8,11H2,1-4H3,(H,23,25)/t13-,15?,16?/m0/s1. The number of thiazole rings is 1. The minimum Gasteiger partial charge on any atom is -0.487 e. The first-order chi connectivity index (χ1) is 13.3. The van der Waals surface area contributed by atoms with Gasteiger partial charge in [-0.15, -0.1) is 11.3 Å². The number of hydrogen-bond donors (Lipinski definition) is 1. The van der Waals surface area contributed by atoms with Gasteiger partial charge in [-0.2, -0.15) is 0 Å². The number of ether oxygens (including phenoxy) is 2. The van der Waals surface area contributed by atoms with Gasteiger partial charge in [-0.05, 0) is 44.7 Å². The summed E-state index contributed by atoms with van der Waals surface area (Å²) in [5.74, 6) is 0.248. The molecule has 1 aliphatic rings. The van der Waals surface area contributed by atoms with E-state index in [9.17, 15) is 9.18 Å². The van der Waals surface area contributed by atoms with E-state index in [1.807, 2.05) is 13.0 Å². The van der Waals surface area contributed by atoms with Gasteiger partial charge in [-0.3, -0.25) is 4.79 Å². The number of hydrogen-bond acceptors (Lipinski definition) is 5. The molecule has 0 bridgehead atoms. The second-order valence-corrected chi connectivity index (χ2v) is 8.91. The number of halogens is 1. The molecule has 1 aromatic carbocycles. The second-order valence-electron chi connectivity index (χ2n) is 7.88. The Bertz CT molecular complexity index is 815. The third kappa shape index (κ3) is 5.20. The fourth-order valence-electron chi connectivity index (χ4n) is 3.46. The zero-order valence-electron chi connectivity index (χ0n) is 17.0. The summed E-state index contributed by atoms with van der Waals surface area (Å²) in [6, 6.07) is 3.54. The highest BCUT2D eigenvalue weighted by Gasteiger charge is 2.25. The molecule has 1 atom stereocenters. The molecule has 0 unspecified atom stereocenters. The van der Waals surface area contributed by atoms with Crippen molar-refractivity contribution in [3.05, 3.63) is 23.0 Å². The number of fused-ring (bicyclic) bond motifs is 1. The zero-order valence-corrected chi connectivity index (χ0v) is 17.8. The molecule has 5 nitrogen and oxygen atoms in total. The van der Waals surface area contributed by atoms with Gasteiger partial charge in [0.05, 0.1) is 34.0 Å². The third-order valence-corrected chi connectivity index (χ3v) is 6.28. The third-order valence-electron chi connectivity index (χ3n) is 4.92. The van der Waals surface area contributed by atoms with Gasteiger partial charge in [-0.1, -0.05) is 13.8 Å². The Morgan fingerprint density at radius 1 is 1.25 bits per heavy atom. The summed E-state index contributed by atoms with van der Waals surface area (Å²) in [6.07, 6.45) is 3.57. The van der Waals surface area contributed by atoms with Crippen LogP contribution in [0.4, 0.5) is 4.39 Å². The highest BCUT2D eigenvalue weighted by Crippen LogP contribution is 2.35. The van der Waals surface area contributed by atoms with Crippen LogP contribution < -0.4 is 10.1 Å². The highest BCUT2D eigenvalue weighted by atomic mass is 32.1. The van der Waals surface area contributed by atoms with Crippen LogP contribution >= 0.6 is 11.3 Å². The van der Waals surface area contributed by atoms with Crippen molar-refractivity contribution >= 4 is 27.5 Å². The van der Waals surface area contributed by atoms with E-state index in [2.05, 4.69) is 24.1 Å². The van der Waals surface area contributed by atoms with Crippen LogP contribution in [0.25, 0.3) is 10.2 Å². The molecule has 0 saturated heterocycles. The van der Waals surface area contributed by atoms with Crippen LogP contribution in [0.3, 0.4) is 0 Å². The molecule has 1 fully saturated rings. The molecular formula is C21H29FN2O3S. The fraction of sp³-hybridized carbons (Fsp3) is 0.619. The smallest absolute Gasteiger partial charge is 0.217 e. The predicted molar refractivity (Wildman–Crippen MR) is 110 cm³/mol. The number of benzene rings is 1. The molecule has 28 heavy (non-hydrogen) atoms. The normalized spacial score (nSPS) is 21.1. The molecule has 154 valence electrons. The quantitative estimate of drug-likeness (QED) is 0.716. The van der Waals surface area contributed by atoms with Crippen molar-refractivity contribution in [1.29, 1.82) is 0 Å². The first-order valence-electron chi connectivity index (χ1n) is 9.97. The minimum atomic E-state index is -0.301. The summed E-state index contributed by atoms with van der Waals surface area (Å²) in [4.78, 5) is 15.6. The van der Waals surface area contributed by atoms with Gasteiger partial charge in [0.15, 0.2) is 11.6 Å². The zero-order chi connectivity index (χ0) is 20.3. The van der Waals surface area contributed by atoms with E-state index in [0.717, 1.165) is 30.7 Å². The maximum atomic E-state index is 14.9. The van der Waals surface area contributed by atoms with E-state index in [1.54, 1.807) is 6.07 Å². The van der Waals surface area contributed by atoms with Crippen molar-refractivity contribution < 1.29 is 18.7 Å². The van der Waals surface area contributed by atoms with Crippen molar-refractivity contribution in [3.8, 4) is 5.75 Å². The van der Waals surface area contributed by atoms with Crippen LogP contribution in [0.15, 0.2) is 12.1 Å². The molecule has 1 saturated carbocycles. The summed E-state index contributed by atoms with van der Waals surface area (Å²) in [5, 5.41) is 3.76. The maximum absolute atomic E-state index is 14.9. The molecule has 7 heteroatoms. The molecular weight excluding hydrogens is 379 g/mol. The van der Waals surface area contributed by atoms with Crippen LogP contribution in [0.5, 0.6) is 5.75 Å². The molecule has 1 aromatic heterocycles. The summed E-state index contributed by atoms with van der Waals surface area (Å²) >= 11 is 1.41. The number of amides is 1. The van der Waals surface area contributed by atoms with Crippen molar-refractivity contribution in [1.82, 2.24) is 10.3 Å². The summed E-state index contributed by atoms with van der Waals surface area (Å²) < 4.78 is 27.3. The molecule has 0 aliphatic heterocycles. The first-order valence-corrected chi connectivity index (χ1v) is 10.8. The largest absolute Gasteiger partial charge is 0.487 e. The maximum Gasteiger partial charge on any atom is 0.217 e. The molecule has 0 spiro atoms. The monoisotopic (exact) mass is 408 g/mol. The van der Waals surface area contributed by atoms with Crippen LogP contribution in [0, 0.1) is 5.82 Å². The minimum absolute atomic E-state index is 0.00225. The van der Waals surface area contributed by atoms with Gasteiger partial charge in [0, 0.05) is 18.9 Å². The molecule has 2 aromatic rings. The molecule has 3 rings (SSSR count). The Hall–Kier alpha value is -1.73. The number of carbonyl (C=O) groups is 1. The number of nitrogens with one attached hydrogen (secondary N) is 1. The lowest BCUT2D eigenvalue weighted by Gasteiger charge is -2.30. The van der Waals surface area contributed by atoms with Gasteiger partial charge >= 0.3 is 0 Å². The summed E-state index contributed by atoms with van der Waals surface area (Å²) in [7, 11) is 0. The van der Waals surface area contributed by atoms with Gasteiger partial charge < -0.3 is 14.8 Å². The molecule has 1 N–H and O–H groups in total. The number of rotatable bonds is 7. The Labute approximate surface area is 169 Å². The van der Waals surface area contributed by atoms with Crippen LogP contribution in [0.1, 0.15) is 64.3 Å². The van der Waals surface area contributed by atoms with Gasteiger partial charge in [-0.25, -0.2) is 9.37 Å². The van der Waals surface area contributed by atoms with Crippen molar-refractivity contribution in [2.75, 3.05) is 6.61 Å². The average molecular weight is 409 g/mol. The van der Waals surface area contributed by atoms with Gasteiger partial charge in [0.25, 0.3) is 0 Å². The van der Waals surface area contributed by atoms with E-state index in [1.165, 1.54) is 18.3 Å². The summed E-state index contributed by atoms with van der Waals surface area (Å²) in [6.45, 7) is 8.06. The highest BCUT2D eigenvalue weighted by molar-refractivity contribution is 7.18. The Kier molecular flexibility index (Phi) is 6.88. The van der Waals surface area contributed by atoms with E-state index in [4.69, 9.17) is 9.47 Å². The Balaban J connectivity index is 1.53. The van der Waals surface area contributed by atoms with Crippen LogP contribution in [-0.2, 0) is 9.53 Å². The Morgan fingerprint density at radius 2 is 1.93 bits per heavy atom. The fourth-order valence-corrected chi connectivity index (χ4v) is 4.46. The van der Waals surface area contributed by atoms with Crippen LogP contribution in [-0.4, -0.2) is 35.7 Å². The van der Waals surface area contributed by atoms with E-state index < -0.39 is 0 Å². The average Bonchev–Trinajstić information content (AvgIpc) is 3.08. The number of nitrogens with zero attached hydrogens (tertiary/aromatic N) is 1. The molecule has 1 aliphatic carbocycles. The molecule has 1 heterocycles. The van der Waals surface area contributed by atoms with Crippen molar-refractivity contribution in [2.45, 2.75) is 77.5 Å². The van der Waals surface area contributed by atoms with Gasteiger partial charge in [0.2, 0.25) is 5.91 Å². The SMILES string of the molecule is CC(=O)N[C@@H](C)COC1CCC(Oc2ccc3nc(C(C)C)sc3c2F)CC1. The molecule has 0 radical (unpaired) electrons. The second kappa shape index (κ2) is 9.18. The topological polar surface area (TPSA) is 60.5 Å². The number of aromatic nitrogens is 1. The number of carbonyl (C=O) groups excluding carboxylic acids is 1. The first kappa shape index (κ1) is 21.0. The van der Waals surface area contributed by atoms with Crippen molar-refractivity contribution in [2.24, 2.45) is 0 Å². The lowest BCUT2D eigenvalue weighted by molar-refractivity contribution is -0.120. The Morgan fingerprint density at radius 3 is 2.57 bits per heavy atom. The van der Waals surface area contributed by atoms with Crippen molar-refractivity contribution in [3.63, 3.8) is 0 Å². The lowest BCUT2D eigenvalue weighted by atomic mass is 9.95. The van der Waals surface area contributed by atoms with Crippen LogP contribution in [0.2, 0.25) is 0 Å². The molecule has 1 amide bonds.